The molecule has 0 heterocycles. The SMILES string of the molecule is CC(OC(=O)NCC(=O)CP(=O)(O)CC1CCCCC1)OC(=O)C(C)C. The summed E-state index contributed by atoms with van der Waals surface area (Å²) in [7, 11) is -3.55. The number of esters is 1. The van der Waals surface area contributed by atoms with Gasteiger partial charge in [-0.3, -0.25) is 14.2 Å². The first kappa shape index (κ1) is 22.6. The number of ketones is 1. The van der Waals surface area contributed by atoms with Crippen molar-refractivity contribution in [3.8, 4) is 0 Å². The topological polar surface area (TPSA) is 119 Å². The van der Waals surface area contributed by atoms with Crippen LogP contribution in [0.15, 0.2) is 0 Å². The summed E-state index contributed by atoms with van der Waals surface area (Å²) in [5.41, 5.74) is 0. The van der Waals surface area contributed by atoms with E-state index in [1.807, 2.05) is 0 Å². The van der Waals surface area contributed by atoms with Crippen molar-refractivity contribution in [1.29, 1.82) is 0 Å². The molecule has 2 N–H and O–H groups in total. The molecule has 1 amide bonds. The number of hydrogen-bond donors (Lipinski definition) is 2. The fraction of sp³-hybridized carbons (Fsp3) is 0.824. The molecule has 0 aromatic carbocycles. The molecule has 0 spiro atoms. The van der Waals surface area contributed by atoms with E-state index in [4.69, 9.17) is 9.47 Å². The largest absolute Gasteiger partial charge is 0.425 e. The Bertz CT molecular complexity index is 543. The second kappa shape index (κ2) is 10.7. The number of hydrogen-bond acceptors (Lipinski definition) is 6. The monoisotopic (exact) mass is 391 g/mol. The summed E-state index contributed by atoms with van der Waals surface area (Å²) in [5, 5.41) is 2.21. The molecule has 2 atom stereocenters. The molecule has 1 aliphatic rings. The number of alkyl carbamates (subject to hydrolysis) is 1. The van der Waals surface area contributed by atoms with Gasteiger partial charge in [0, 0.05) is 13.1 Å². The Morgan fingerprint density at radius 2 is 1.73 bits per heavy atom. The Labute approximate surface area is 154 Å². The second-order valence-electron chi connectivity index (χ2n) is 7.15. The molecule has 26 heavy (non-hydrogen) atoms. The molecule has 0 aromatic heterocycles. The van der Waals surface area contributed by atoms with Crippen LogP contribution in [0.2, 0.25) is 0 Å². The number of nitrogens with one attached hydrogen (secondary N) is 1. The lowest BCUT2D eigenvalue weighted by Crippen LogP contribution is -2.35. The average molecular weight is 391 g/mol. The van der Waals surface area contributed by atoms with Crippen molar-refractivity contribution in [2.45, 2.75) is 59.2 Å². The van der Waals surface area contributed by atoms with Gasteiger partial charge < -0.3 is 19.7 Å². The van der Waals surface area contributed by atoms with Crippen molar-refractivity contribution in [3.05, 3.63) is 0 Å². The van der Waals surface area contributed by atoms with Crippen LogP contribution in [0.1, 0.15) is 52.9 Å². The van der Waals surface area contributed by atoms with E-state index in [1.165, 1.54) is 6.92 Å². The van der Waals surface area contributed by atoms with Crippen LogP contribution >= 0.6 is 7.37 Å². The first-order valence-corrected chi connectivity index (χ1v) is 11.1. The third kappa shape index (κ3) is 9.34. The first-order valence-electron chi connectivity index (χ1n) is 9.06. The molecular weight excluding hydrogens is 361 g/mol. The summed E-state index contributed by atoms with van der Waals surface area (Å²) in [6.07, 6.45) is 2.82. The van der Waals surface area contributed by atoms with E-state index >= 15 is 0 Å². The number of carbonyl (C=O) groups excluding carboxylic acids is 3. The van der Waals surface area contributed by atoms with E-state index in [2.05, 4.69) is 5.32 Å². The van der Waals surface area contributed by atoms with E-state index in [-0.39, 0.29) is 18.0 Å². The first-order chi connectivity index (χ1) is 12.1. The second-order valence-corrected chi connectivity index (χ2v) is 9.52. The Morgan fingerprint density at radius 1 is 1.12 bits per heavy atom. The third-order valence-electron chi connectivity index (χ3n) is 4.15. The van der Waals surface area contributed by atoms with Crippen LogP contribution in [0.25, 0.3) is 0 Å². The van der Waals surface area contributed by atoms with Gasteiger partial charge in [0.25, 0.3) is 0 Å². The minimum Gasteiger partial charge on any atom is -0.425 e. The van der Waals surface area contributed by atoms with Gasteiger partial charge in [0.1, 0.15) is 0 Å². The lowest BCUT2D eigenvalue weighted by Gasteiger charge is -2.23. The number of ether oxygens (including phenoxy) is 2. The predicted molar refractivity (Wildman–Crippen MR) is 96.0 cm³/mol. The molecule has 1 fully saturated rings. The number of amides is 1. The molecule has 9 heteroatoms. The van der Waals surface area contributed by atoms with E-state index in [9.17, 15) is 23.8 Å². The molecule has 2 unspecified atom stereocenters. The van der Waals surface area contributed by atoms with Crippen LogP contribution in [0.3, 0.4) is 0 Å². The highest BCUT2D eigenvalue weighted by molar-refractivity contribution is 7.59. The summed E-state index contributed by atoms with van der Waals surface area (Å²) in [5.74, 6) is -1.20. The Morgan fingerprint density at radius 3 is 2.31 bits per heavy atom. The summed E-state index contributed by atoms with van der Waals surface area (Å²) >= 11 is 0. The minimum absolute atomic E-state index is 0.158. The van der Waals surface area contributed by atoms with Gasteiger partial charge in [-0.1, -0.05) is 33.1 Å². The van der Waals surface area contributed by atoms with Gasteiger partial charge >= 0.3 is 12.1 Å². The van der Waals surface area contributed by atoms with Gasteiger partial charge in [-0.05, 0) is 18.8 Å². The van der Waals surface area contributed by atoms with Crippen LogP contribution in [0.5, 0.6) is 0 Å². The zero-order chi connectivity index (χ0) is 19.7. The lowest BCUT2D eigenvalue weighted by molar-refractivity contribution is -0.168. The van der Waals surface area contributed by atoms with Crippen LogP contribution in [0.4, 0.5) is 4.79 Å². The zero-order valence-electron chi connectivity index (χ0n) is 15.7. The van der Waals surface area contributed by atoms with Crippen LogP contribution in [0, 0.1) is 11.8 Å². The van der Waals surface area contributed by atoms with E-state index in [1.54, 1.807) is 13.8 Å². The highest BCUT2D eigenvalue weighted by atomic mass is 31.2. The Balaban J connectivity index is 2.30. The number of rotatable bonds is 9. The quantitative estimate of drug-likeness (QED) is 0.352. The minimum atomic E-state index is -3.55. The van der Waals surface area contributed by atoms with E-state index in [0.717, 1.165) is 32.1 Å². The Hall–Kier alpha value is -1.40. The molecule has 1 saturated carbocycles. The highest BCUT2D eigenvalue weighted by Crippen LogP contribution is 2.45. The van der Waals surface area contributed by atoms with Crippen LogP contribution in [-0.4, -0.2) is 47.9 Å². The molecule has 0 saturated heterocycles. The molecule has 0 aliphatic heterocycles. The molecular formula is C17H30NO7P. The van der Waals surface area contributed by atoms with Crippen LogP contribution in [-0.2, 0) is 23.6 Å². The molecule has 0 radical (unpaired) electrons. The van der Waals surface area contributed by atoms with Gasteiger partial charge in [0.15, 0.2) is 5.78 Å². The normalized spacial score (nSPS) is 18.7. The number of carbonyl (C=O) groups is 3. The van der Waals surface area contributed by atoms with E-state index < -0.39 is 44.2 Å². The van der Waals surface area contributed by atoms with Crippen LogP contribution < -0.4 is 5.32 Å². The summed E-state index contributed by atoms with van der Waals surface area (Å²) in [4.78, 5) is 44.9. The van der Waals surface area contributed by atoms with Crippen molar-refractivity contribution >= 4 is 25.2 Å². The van der Waals surface area contributed by atoms with Gasteiger partial charge in [-0.15, -0.1) is 0 Å². The van der Waals surface area contributed by atoms with Crippen molar-refractivity contribution in [3.63, 3.8) is 0 Å². The van der Waals surface area contributed by atoms with Gasteiger partial charge in [0.05, 0.1) is 18.6 Å². The molecule has 0 bridgehead atoms. The maximum absolute atomic E-state index is 12.2. The highest BCUT2D eigenvalue weighted by Gasteiger charge is 2.28. The summed E-state index contributed by atoms with van der Waals surface area (Å²) < 4.78 is 21.9. The smallest absolute Gasteiger partial charge is 0.410 e. The zero-order valence-corrected chi connectivity index (χ0v) is 16.6. The van der Waals surface area contributed by atoms with E-state index in [0.29, 0.717) is 0 Å². The van der Waals surface area contributed by atoms with Crippen molar-refractivity contribution in [2.75, 3.05) is 18.9 Å². The van der Waals surface area contributed by atoms with Gasteiger partial charge in [0.2, 0.25) is 13.7 Å². The lowest BCUT2D eigenvalue weighted by atomic mass is 9.91. The molecule has 150 valence electrons. The summed E-state index contributed by atoms with van der Waals surface area (Å²) in [6, 6.07) is 0. The van der Waals surface area contributed by atoms with Crippen molar-refractivity contribution in [2.24, 2.45) is 11.8 Å². The molecule has 0 aromatic rings. The maximum atomic E-state index is 12.2. The standard InChI is InChI=1S/C17H30NO7P/c1-12(2)16(20)24-13(3)25-17(21)18-9-15(19)11-26(22,23)10-14-7-5-4-6-8-14/h12-14H,4-11H2,1-3H3,(H,18,21)(H,22,23). The number of Topliss-reactive ketones (excluding diaryl/α,β-unsaturated/α-hetero) is 1. The van der Waals surface area contributed by atoms with Crippen molar-refractivity contribution in [1.82, 2.24) is 5.32 Å². The van der Waals surface area contributed by atoms with Crippen molar-refractivity contribution < 1.29 is 33.3 Å². The fourth-order valence-electron chi connectivity index (χ4n) is 2.86. The maximum Gasteiger partial charge on any atom is 0.410 e. The van der Waals surface area contributed by atoms with Gasteiger partial charge in [-0.2, -0.15) is 0 Å². The molecule has 1 aliphatic carbocycles. The third-order valence-corrected chi connectivity index (χ3v) is 6.08. The molecule has 8 nitrogen and oxygen atoms in total. The van der Waals surface area contributed by atoms with Gasteiger partial charge in [-0.25, -0.2) is 4.79 Å². The molecule has 1 rings (SSSR count). The predicted octanol–water partition coefficient (Wildman–Crippen LogP) is 2.68. The average Bonchev–Trinajstić information content (AvgIpc) is 2.52. The Kier molecular flexibility index (Phi) is 9.30. The fourth-order valence-corrected chi connectivity index (χ4v) is 4.82. The summed E-state index contributed by atoms with van der Waals surface area (Å²) in [6.45, 7) is 4.27.